The summed E-state index contributed by atoms with van der Waals surface area (Å²) in [6.45, 7) is -0.556. The number of hydrogen-bond acceptors (Lipinski definition) is 3. The van der Waals surface area contributed by atoms with Crippen LogP contribution < -0.4 is 11.1 Å². The lowest BCUT2D eigenvalue weighted by Gasteiger charge is -2.06. The molecule has 0 aromatic heterocycles. The number of nitrogens with one attached hydrogen (secondary N) is 1. The summed E-state index contributed by atoms with van der Waals surface area (Å²) in [6.07, 6.45) is -2.54. The maximum atomic E-state index is 13.6. The molecule has 0 aliphatic rings. The van der Waals surface area contributed by atoms with Crippen molar-refractivity contribution >= 4 is 5.91 Å². The van der Waals surface area contributed by atoms with E-state index in [0.717, 1.165) is 6.07 Å². The van der Waals surface area contributed by atoms with Crippen LogP contribution in [0.2, 0.25) is 0 Å². The standard InChI is InChI=1S/C14H15F3N2O2/c15-12-8-11(4-3-10(12)2-1-5-18)14(20)19-6-7-21-9-13(16)17/h3-4,8,13H,5-7,9,18H2,(H,19,20). The normalized spacial score (nSPS) is 10.1. The first-order valence-electron chi connectivity index (χ1n) is 6.17. The van der Waals surface area contributed by atoms with Gasteiger partial charge in [0.1, 0.15) is 12.4 Å². The molecule has 7 heteroatoms. The van der Waals surface area contributed by atoms with Gasteiger partial charge in [0.25, 0.3) is 12.3 Å². The smallest absolute Gasteiger partial charge is 0.261 e. The molecule has 1 amide bonds. The average molecular weight is 300 g/mol. The van der Waals surface area contributed by atoms with Gasteiger partial charge in [-0.1, -0.05) is 11.8 Å². The van der Waals surface area contributed by atoms with E-state index in [2.05, 4.69) is 21.9 Å². The molecule has 0 aliphatic carbocycles. The van der Waals surface area contributed by atoms with Crippen LogP contribution in [0.5, 0.6) is 0 Å². The van der Waals surface area contributed by atoms with Crippen LogP contribution in [0.4, 0.5) is 13.2 Å². The van der Waals surface area contributed by atoms with Crippen LogP contribution in [0.1, 0.15) is 15.9 Å². The molecule has 0 atom stereocenters. The molecular formula is C14H15F3N2O2. The van der Waals surface area contributed by atoms with Crippen LogP contribution >= 0.6 is 0 Å². The zero-order chi connectivity index (χ0) is 15.7. The highest BCUT2D eigenvalue weighted by Crippen LogP contribution is 2.09. The van der Waals surface area contributed by atoms with E-state index < -0.39 is 24.8 Å². The summed E-state index contributed by atoms with van der Waals surface area (Å²) in [4.78, 5) is 11.7. The molecule has 3 N–H and O–H groups in total. The van der Waals surface area contributed by atoms with Crippen molar-refractivity contribution < 1.29 is 22.7 Å². The van der Waals surface area contributed by atoms with Crippen molar-refractivity contribution in [2.75, 3.05) is 26.3 Å². The van der Waals surface area contributed by atoms with Crippen molar-refractivity contribution in [3.05, 3.63) is 35.1 Å². The lowest BCUT2D eigenvalue weighted by atomic mass is 10.1. The van der Waals surface area contributed by atoms with E-state index in [1.807, 2.05) is 0 Å². The highest BCUT2D eigenvalue weighted by atomic mass is 19.3. The first kappa shape index (κ1) is 17.0. The summed E-state index contributed by atoms with van der Waals surface area (Å²) in [5.74, 6) is 3.90. The number of ether oxygens (including phenoxy) is 1. The molecule has 114 valence electrons. The number of amides is 1. The van der Waals surface area contributed by atoms with Gasteiger partial charge in [-0.05, 0) is 18.2 Å². The van der Waals surface area contributed by atoms with Gasteiger partial charge in [-0.25, -0.2) is 13.2 Å². The Labute approximate surface area is 120 Å². The van der Waals surface area contributed by atoms with Crippen molar-refractivity contribution in [2.45, 2.75) is 6.43 Å². The second-order valence-corrected chi connectivity index (χ2v) is 3.92. The highest BCUT2D eigenvalue weighted by Gasteiger charge is 2.08. The van der Waals surface area contributed by atoms with Crippen LogP contribution in [-0.2, 0) is 4.74 Å². The summed E-state index contributed by atoms with van der Waals surface area (Å²) in [6, 6.07) is 3.84. The van der Waals surface area contributed by atoms with Crippen molar-refractivity contribution in [3.63, 3.8) is 0 Å². The molecule has 1 aromatic carbocycles. The number of nitrogens with two attached hydrogens (primary N) is 1. The molecule has 0 aliphatic heterocycles. The quantitative estimate of drug-likeness (QED) is 0.612. The molecule has 0 heterocycles. The molecule has 0 spiro atoms. The van der Waals surface area contributed by atoms with Gasteiger partial charge in [0.2, 0.25) is 0 Å². The van der Waals surface area contributed by atoms with Crippen LogP contribution in [0.3, 0.4) is 0 Å². The van der Waals surface area contributed by atoms with Gasteiger partial charge in [-0.2, -0.15) is 0 Å². The molecular weight excluding hydrogens is 285 g/mol. The molecule has 0 saturated heterocycles. The Morgan fingerprint density at radius 3 is 2.81 bits per heavy atom. The first-order valence-corrected chi connectivity index (χ1v) is 6.17. The number of benzene rings is 1. The van der Waals surface area contributed by atoms with Gasteiger partial charge < -0.3 is 15.8 Å². The minimum absolute atomic E-state index is 0.0430. The SMILES string of the molecule is NCC#Cc1ccc(C(=O)NCCOCC(F)F)cc1F. The monoisotopic (exact) mass is 300 g/mol. The van der Waals surface area contributed by atoms with Gasteiger partial charge in [0, 0.05) is 12.1 Å². The highest BCUT2D eigenvalue weighted by molar-refractivity contribution is 5.94. The maximum absolute atomic E-state index is 13.6. The van der Waals surface area contributed by atoms with Gasteiger partial charge in [-0.3, -0.25) is 4.79 Å². The first-order chi connectivity index (χ1) is 10.0. The number of alkyl halides is 2. The van der Waals surface area contributed by atoms with E-state index in [0.29, 0.717) is 0 Å². The minimum atomic E-state index is -2.54. The average Bonchev–Trinajstić information content (AvgIpc) is 2.45. The van der Waals surface area contributed by atoms with Crippen molar-refractivity contribution in [1.29, 1.82) is 0 Å². The molecule has 1 rings (SSSR count). The van der Waals surface area contributed by atoms with E-state index in [1.54, 1.807) is 0 Å². The largest absolute Gasteiger partial charge is 0.374 e. The third-order valence-electron chi connectivity index (χ3n) is 2.33. The zero-order valence-corrected chi connectivity index (χ0v) is 11.2. The van der Waals surface area contributed by atoms with Crippen LogP contribution in [-0.4, -0.2) is 38.6 Å². The Hall–Kier alpha value is -2.04. The van der Waals surface area contributed by atoms with Gasteiger partial charge in [0.15, 0.2) is 0 Å². The van der Waals surface area contributed by atoms with Crippen LogP contribution in [0.25, 0.3) is 0 Å². The number of halogens is 3. The predicted octanol–water partition coefficient (Wildman–Crippen LogP) is 1.15. The van der Waals surface area contributed by atoms with E-state index in [1.165, 1.54) is 12.1 Å². The molecule has 21 heavy (non-hydrogen) atoms. The second kappa shape index (κ2) is 9.00. The summed E-state index contributed by atoms with van der Waals surface area (Å²) in [5, 5.41) is 2.43. The topological polar surface area (TPSA) is 64.4 Å². The molecule has 0 fully saturated rings. The zero-order valence-electron chi connectivity index (χ0n) is 11.2. The van der Waals surface area contributed by atoms with E-state index in [-0.39, 0.29) is 30.8 Å². The number of carbonyl (C=O) groups excluding carboxylic acids is 1. The third-order valence-corrected chi connectivity index (χ3v) is 2.33. The Morgan fingerprint density at radius 2 is 2.19 bits per heavy atom. The van der Waals surface area contributed by atoms with E-state index in [4.69, 9.17) is 5.73 Å². The molecule has 0 radical (unpaired) electrons. The van der Waals surface area contributed by atoms with E-state index >= 15 is 0 Å². The molecule has 0 bridgehead atoms. The fourth-order valence-electron chi connectivity index (χ4n) is 1.42. The maximum Gasteiger partial charge on any atom is 0.261 e. The molecule has 0 saturated carbocycles. The summed E-state index contributed by atoms with van der Waals surface area (Å²) in [7, 11) is 0. The summed E-state index contributed by atoms with van der Waals surface area (Å²) >= 11 is 0. The predicted molar refractivity (Wildman–Crippen MR) is 71.5 cm³/mol. The lowest BCUT2D eigenvalue weighted by Crippen LogP contribution is -2.27. The van der Waals surface area contributed by atoms with Crippen molar-refractivity contribution in [3.8, 4) is 11.8 Å². The molecule has 4 nitrogen and oxygen atoms in total. The van der Waals surface area contributed by atoms with Gasteiger partial charge in [0.05, 0.1) is 18.7 Å². The van der Waals surface area contributed by atoms with Crippen LogP contribution in [0.15, 0.2) is 18.2 Å². The Morgan fingerprint density at radius 1 is 1.43 bits per heavy atom. The summed E-state index contributed by atoms with van der Waals surface area (Å²) in [5.41, 5.74) is 5.44. The number of rotatable bonds is 6. The fourth-order valence-corrected chi connectivity index (χ4v) is 1.42. The van der Waals surface area contributed by atoms with Crippen molar-refractivity contribution in [1.82, 2.24) is 5.32 Å². The third kappa shape index (κ3) is 6.29. The number of hydrogen-bond donors (Lipinski definition) is 2. The van der Waals surface area contributed by atoms with Gasteiger partial charge in [-0.15, -0.1) is 0 Å². The Bertz CT molecular complexity index is 539. The minimum Gasteiger partial charge on any atom is -0.374 e. The van der Waals surface area contributed by atoms with Gasteiger partial charge >= 0.3 is 0 Å². The fraction of sp³-hybridized carbons (Fsp3) is 0.357. The lowest BCUT2D eigenvalue weighted by molar-refractivity contribution is 0.0188. The summed E-state index contributed by atoms with van der Waals surface area (Å²) < 4.78 is 41.8. The Balaban J connectivity index is 2.49. The molecule has 0 unspecified atom stereocenters. The molecule has 1 aromatic rings. The van der Waals surface area contributed by atoms with Crippen LogP contribution in [0, 0.1) is 17.7 Å². The van der Waals surface area contributed by atoms with Crippen molar-refractivity contribution in [2.24, 2.45) is 5.73 Å². The Kier molecular flexibility index (Phi) is 7.29. The van der Waals surface area contributed by atoms with E-state index in [9.17, 15) is 18.0 Å². The second-order valence-electron chi connectivity index (χ2n) is 3.92. The number of carbonyl (C=O) groups is 1.